The Morgan fingerprint density at radius 3 is 2.33 bits per heavy atom. The van der Waals surface area contributed by atoms with E-state index in [-0.39, 0.29) is 11.9 Å². The zero-order chi connectivity index (χ0) is 15.2. The summed E-state index contributed by atoms with van der Waals surface area (Å²) in [7, 11) is 1.67. The third kappa shape index (κ3) is 4.09. The minimum Gasteiger partial charge on any atom is -0.497 e. The van der Waals surface area contributed by atoms with Crippen LogP contribution < -0.4 is 21.1 Å². The van der Waals surface area contributed by atoms with E-state index in [1.807, 2.05) is 12.1 Å². The first-order chi connectivity index (χ1) is 10.1. The van der Waals surface area contributed by atoms with E-state index in [1.165, 1.54) is 5.69 Å². The second-order valence-electron chi connectivity index (χ2n) is 5.28. The predicted molar refractivity (Wildman–Crippen MR) is 83.4 cm³/mol. The summed E-state index contributed by atoms with van der Waals surface area (Å²) >= 11 is 0. The van der Waals surface area contributed by atoms with E-state index in [2.05, 4.69) is 21.9 Å². The Morgan fingerprint density at radius 2 is 1.86 bits per heavy atom. The molecule has 116 valence electrons. The number of hydrogen-bond acceptors (Lipinski definition) is 5. The number of carbonyl (C=O) groups is 1. The number of methoxy groups -OCH3 is 1. The predicted octanol–water partition coefficient (Wildman–Crippen LogP) is 0.0199. The highest BCUT2D eigenvalue weighted by Gasteiger charge is 2.24. The number of anilines is 1. The molecule has 2 rings (SSSR count). The molecule has 1 amide bonds. The summed E-state index contributed by atoms with van der Waals surface area (Å²) < 4.78 is 5.17. The van der Waals surface area contributed by atoms with E-state index in [9.17, 15) is 4.79 Å². The summed E-state index contributed by atoms with van der Waals surface area (Å²) in [6, 6.07) is 8.13. The van der Waals surface area contributed by atoms with Gasteiger partial charge in [-0.15, -0.1) is 0 Å². The number of rotatable bonds is 6. The maximum atomic E-state index is 11.1. The lowest BCUT2D eigenvalue weighted by Crippen LogP contribution is -2.53. The number of nitrogens with two attached hydrogens (primary N) is 2. The van der Waals surface area contributed by atoms with Gasteiger partial charge in [0, 0.05) is 50.9 Å². The van der Waals surface area contributed by atoms with Gasteiger partial charge in [0.2, 0.25) is 5.91 Å². The van der Waals surface area contributed by atoms with Gasteiger partial charge in [-0.1, -0.05) is 0 Å². The van der Waals surface area contributed by atoms with Gasteiger partial charge in [0.05, 0.1) is 7.11 Å². The van der Waals surface area contributed by atoms with Gasteiger partial charge in [0.15, 0.2) is 0 Å². The molecule has 1 heterocycles. The molecule has 1 aromatic carbocycles. The Labute approximate surface area is 125 Å². The summed E-state index contributed by atoms with van der Waals surface area (Å²) in [4.78, 5) is 15.7. The number of primary amides is 1. The number of hydrogen-bond donors (Lipinski definition) is 2. The summed E-state index contributed by atoms with van der Waals surface area (Å²) in [6.45, 7) is 4.08. The molecule has 4 N–H and O–H groups in total. The molecule has 0 aromatic heterocycles. The van der Waals surface area contributed by atoms with E-state index in [4.69, 9.17) is 16.2 Å². The lowest BCUT2D eigenvalue weighted by Gasteiger charge is -2.39. The number of piperazine rings is 1. The summed E-state index contributed by atoms with van der Waals surface area (Å²) in [5, 5.41) is 0. The number of ether oxygens (including phenoxy) is 1. The molecule has 1 saturated heterocycles. The van der Waals surface area contributed by atoms with Crippen molar-refractivity contribution in [1.82, 2.24) is 4.90 Å². The second-order valence-corrected chi connectivity index (χ2v) is 5.28. The smallest absolute Gasteiger partial charge is 0.219 e. The van der Waals surface area contributed by atoms with Crippen molar-refractivity contribution in [2.24, 2.45) is 11.5 Å². The lowest BCUT2D eigenvalue weighted by molar-refractivity contribution is -0.119. The van der Waals surface area contributed by atoms with Crippen molar-refractivity contribution in [3.8, 4) is 5.75 Å². The normalized spacial score (nSPS) is 17.5. The van der Waals surface area contributed by atoms with Crippen LogP contribution >= 0.6 is 0 Å². The van der Waals surface area contributed by atoms with E-state index in [0.717, 1.165) is 31.9 Å². The van der Waals surface area contributed by atoms with Gasteiger partial charge >= 0.3 is 0 Å². The summed E-state index contributed by atoms with van der Waals surface area (Å²) in [5.41, 5.74) is 12.2. The largest absolute Gasteiger partial charge is 0.497 e. The fourth-order valence-electron chi connectivity index (χ4n) is 2.73. The summed E-state index contributed by atoms with van der Waals surface area (Å²) in [6.07, 6.45) is 0.332. The summed E-state index contributed by atoms with van der Waals surface area (Å²) in [5.74, 6) is 0.574. The molecule has 1 aliphatic heterocycles. The molecule has 6 nitrogen and oxygen atoms in total. The van der Waals surface area contributed by atoms with Crippen molar-refractivity contribution in [3.05, 3.63) is 24.3 Å². The second kappa shape index (κ2) is 7.28. The van der Waals surface area contributed by atoms with Gasteiger partial charge in [-0.25, -0.2) is 0 Å². The van der Waals surface area contributed by atoms with E-state index >= 15 is 0 Å². The van der Waals surface area contributed by atoms with Crippen LogP contribution in [0.5, 0.6) is 5.75 Å². The first-order valence-corrected chi connectivity index (χ1v) is 7.25. The highest BCUT2D eigenvalue weighted by atomic mass is 16.5. The number of carbonyl (C=O) groups excluding carboxylic acids is 1. The fourth-order valence-corrected chi connectivity index (χ4v) is 2.73. The molecular weight excluding hydrogens is 268 g/mol. The Kier molecular flexibility index (Phi) is 5.41. The molecule has 1 aromatic rings. The van der Waals surface area contributed by atoms with Gasteiger partial charge in [0.1, 0.15) is 5.75 Å². The van der Waals surface area contributed by atoms with Crippen molar-refractivity contribution >= 4 is 11.6 Å². The maximum absolute atomic E-state index is 11.1. The van der Waals surface area contributed by atoms with Gasteiger partial charge in [0.25, 0.3) is 0 Å². The van der Waals surface area contributed by atoms with Crippen LogP contribution in [0.3, 0.4) is 0 Å². The SMILES string of the molecule is COc1ccc(N2CCN(C(CN)CC(N)=O)CC2)cc1. The minimum absolute atomic E-state index is 0.0560. The van der Waals surface area contributed by atoms with Crippen LogP contribution in [0.15, 0.2) is 24.3 Å². The van der Waals surface area contributed by atoms with Crippen LogP contribution in [0, 0.1) is 0 Å². The van der Waals surface area contributed by atoms with E-state index in [0.29, 0.717) is 13.0 Å². The molecule has 0 saturated carbocycles. The molecule has 6 heteroatoms. The molecule has 21 heavy (non-hydrogen) atoms. The van der Waals surface area contributed by atoms with E-state index < -0.39 is 0 Å². The monoisotopic (exact) mass is 292 g/mol. The van der Waals surface area contributed by atoms with Crippen LogP contribution in [-0.4, -0.2) is 56.7 Å². The Bertz CT molecular complexity index is 455. The van der Waals surface area contributed by atoms with Crippen molar-refractivity contribution in [1.29, 1.82) is 0 Å². The zero-order valence-corrected chi connectivity index (χ0v) is 12.5. The molecular formula is C15H24N4O2. The van der Waals surface area contributed by atoms with Crippen LogP contribution in [0.25, 0.3) is 0 Å². The number of benzene rings is 1. The molecule has 1 unspecified atom stereocenters. The third-order valence-corrected chi connectivity index (χ3v) is 3.98. The zero-order valence-electron chi connectivity index (χ0n) is 12.5. The Morgan fingerprint density at radius 1 is 1.24 bits per heavy atom. The quantitative estimate of drug-likeness (QED) is 0.772. The lowest BCUT2D eigenvalue weighted by atomic mass is 10.1. The average molecular weight is 292 g/mol. The van der Waals surface area contributed by atoms with Gasteiger partial charge < -0.3 is 21.1 Å². The van der Waals surface area contributed by atoms with Crippen molar-refractivity contribution in [3.63, 3.8) is 0 Å². The number of nitrogens with zero attached hydrogens (tertiary/aromatic N) is 2. The van der Waals surface area contributed by atoms with Crippen LogP contribution in [0.4, 0.5) is 5.69 Å². The first kappa shape index (κ1) is 15.6. The molecule has 0 radical (unpaired) electrons. The van der Waals surface area contributed by atoms with Gasteiger partial charge in [-0.05, 0) is 24.3 Å². The Hall–Kier alpha value is -1.79. The highest BCUT2D eigenvalue weighted by molar-refractivity contribution is 5.74. The molecule has 0 spiro atoms. The van der Waals surface area contributed by atoms with Crippen molar-refractivity contribution in [2.45, 2.75) is 12.5 Å². The average Bonchev–Trinajstić information content (AvgIpc) is 2.53. The third-order valence-electron chi connectivity index (χ3n) is 3.98. The molecule has 1 aliphatic rings. The standard InChI is InChI=1S/C15H24N4O2/c1-21-14-4-2-12(3-5-14)18-6-8-19(9-7-18)13(11-16)10-15(17)20/h2-5,13H,6-11,16H2,1H3,(H2,17,20). The topological polar surface area (TPSA) is 84.8 Å². The van der Waals surface area contributed by atoms with Crippen molar-refractivity contribution < 1.29 is 9.53 Å². The maximum Gasteiger partial charge on any atom is 0.219 e. The van der Waals surface area contributed by atoms with E-state index in [1.54, 1.807) is 7.11 Å². The van der Waals surface area contributed by atoms with Crippen LogP contribution in [0.2, 0.25) is 0 Å². The number of amides is 1. The first-order valence-electron chi connectivity index (χ1n) is 7.25. The Balaban J connectivity index is 1.91. The van der Waals surface area contributed by atoms with Crippen LogP contribution in [-0.2, 0) is 4.79 Å². The van der Waals surface area contributed by atoms with Gasteiger partial charge in [-0.2, -0.15) is 0 Å². The minimum atomic E-state index is -0.289. The van der Waals surface area contributed by atoms with Crippen LogP contribution in [0.1, 0.15) is 6.42 Å². The molecule has 0 aliphatic carbocycles. The van der Waals surface area contributed by atoms with Crippen molar-refractivity contribution in [2.75, 3.05) is 44.7 Å². The molecule has 1 fully saturated rings. The molecule has 0 bridgehead atoms. The van der Waals surface area contributed by atoms with Gasteiger partial charge in [-0.3, -0.25) is 9.69 Å². The fraction of sp³-hybridized carbons (Fsp3) is 0.533. The molecule has 1 atom stereocenters. The highest BCUT2D eigenvalue weighted by Crippen LogP contribution is 2.21.